The van der Waals surface area contributed by atoms with Crippen LogP contribution in [-0.4, -0.2) is 67.3 Å². The third kappa shape index (κ3) is 7.05. The number of likely N-dealkylation sites (tertiary alicyclic amines) is 1. The Morgan fingerprint density at radius 3 is 2.76 bits per heavy atom. The van der Waals surface area contributed by atoms with E-state index in [1.165, 1.54) is 7.11 Å². The maximum atomic E-state index is 11.8. The van der Waals surface area contributed by atoms with Gasteiger partial charge in [-0.15, -0.1) is 0 Å². The number of nitrogens with zero attached hydrogens (tertiary/aromatic N) is 1. The molecule has 0 aromatic rings. The molecule has 1 unspecified atom stereocenters. The number of ether oxygens (including phenoxy) is 1. The van der Waals surface area contributed by atoms with E-state index in [1.54, 1.807) is 0 Å². The molecule has 0 bridgehead atoms. The first-order valence-corrected chi connectivity index (χ1v) is 7.05. The number of carbonyl (C=O) groups is 3. The van der Waals surface area contributed by atoms with Crippen LogP contribution in [0.5, 0.6) is 0 Å². The average molecular weight is 301 g/mol. The van der Waals surface area contributed by atoms with Crippen LogP contribution >= 0.6 is 0 Å². The van der Waals surface area contributed by atoms with E-state index in [-0.39, 0.29) is 19.0 Å². The predicted octanol–water partition coefficient (Wildman–Crippen LogP) is -0.212. The largest absolute Gasteiger partial charge is 0.481 e. The summed E-state index contributed by atoms with van der Waals surface area (Å²) in [5, 5.41) is 13.6. The molecule has 21 heavy (non-hydrogen) atoms. The minimum absolute atomic E-state index is 0.0211. The summed E-state index contributed by atoms with van der Waals surface area (Å²) in [6.45, 7) is 1.40. The molecule has 8 heteroatoms. The highest BCUT2D eigenvalue weighted by Crippen LogP contribution is 2.19. The van der Waals surface area contributed by atoms with Crippen LogP contribution in [0.25, 0.3) is 0 Å². The molecule has 1 fully saturated rings. The molecule has 120 valence electrons. The molecule has 0 saturated carbocycles. The van der Waals surface area contributed by atoms with E-state index in [0.29, 0.717) is 19.7 Å². The molecule has 0 aliphatic carbocycles. The number of carboxylic acids is 1. The number of rotatable bonds is 7. The third-order valence-electron chi connectivity index (χ3n) is 3.35. The van der Waals surface area contributed by atoms with Gasteiger partial charge in [0.25, 0.3) is 0 Å². The van der Waals surface area contributed by atoms with Crippen LogP contribution in [0, 0.1) is 0 Å². The van der Waals surface area contributed by atoms with Gasteiger partial charge < -0.3 is 15.2 Å². The van der Waals surface area contributed by atoms with E-state index in [0.717, 1.165) is 19.3 Å². The van der Waals surface area contributed by atoms with Crippen LogP contribution in [0.1, 0.15) is 25.7 Å². The Bertz CT molecular complexity index is 375. The molecule has 0 aromatic carbocycles. The molecule has 8 nitrogen and oxygen atoms in total. The molecular formula is C13H23N3O5. The maximum absolute atomic E-state index is 11.8. The van der Waals surface area contributed by atoms with E-state index in [2.05, 4.69) is 10.6 Å². The van der Waals surface area contributed by atoms with Gasteiger partial charge in [0.05, 0.1) is 19.6 Å². The Balaban J connectivity index is 2.37. The second kappa shape index (κ2) is 9.30. The monoisotopic (exact) mass is 301 g/mol. The van der Waals surface area contributed by atoms with Crippen LogP contribution in [0.3, 0.4) is 0 Å². The Morgan fingerprint density at radius 1 is 1.33 bits per heavy atom. The van der Waals surface area contributed by atoms with E-state index in [1.807, 2.05) is 4.90 Å². The summed E-state index contributed by atoms with van der Waals surface area (Å²) in [4.78, 5) is 35.9. The standard InChI is InChI=1S/C13H23N3O5/c1-21-7-5-14-13(20)15-11(17)9-16-6-3-2-4-10(16)8-12(18)19/h10H,2-9H2,1H3,(H,18,19)(H2,14,15,17,20). The van der Waals surface area contributed by atoms with Gasteiger partial charge in [0.1, 0.15) is 0 Å². The SMILES string of the molecule is COCCNC(=O)NC(=O)CN1CCCCC1CC(=O)O. The molecule has 1 atom stereocenters. The number of urea groups is 1. The van der Waals surface area contributed by atoms with Crippen molar-refractivity contribution in [3.63, 3.8) is 0 Å². The lowest BCUT2D eigenvalue weighted by atomic mass is 9.99. The number of hydrogen-bond donors (Lipinski definition) is 3. The summed E-state index contributed by atoms with van der Waals surface area (Å²) in [5.41, 5.74) is 0. The Hall–Kier alpha value is -1.67. The number of carbonyl (C=O) groups excluding carboxylic acids is 2. The highest BCUT2D eigenvalue weighted by atomic mass is 16.5. The van der Waals surface area contributed by atoms with Gasteiger partial charge in [-0.05, 0) is 19.4 Å². The second-order valence-corrected chi connectivity index (χ2v) is 5.01. The molecule has 1 aliphatic heterocycles. The fraction of sp³-hybridized carbons (Fsp3) is 0.769. The summed E-state index contributed by atoms with van der Waals surface area (Å²) in [7, 11) is 1.52. The van der Waals surface area contributed by atoms with Gasteiger partial charge in [-0.3, -0.25) is 19.8 Å². The fourth-order valence-corrected chi connectivity index (χ4v) is 2.36. The lowest BCUT2D eigenvalue weighted by Crippen LogP contribution is -2.49. The van der Waals surface area contributed by atoms with Crippen molar-refractivity contribution in [1.29, 1.82) is 0 Å². The van der Waals surface area contributed by atoms with Crippen LogP contribution in [0.4, 0.5) is 4.79 Å². The van der Waals surface area contributed by atoms with Crippen molar-refractivity contribution in [2.24, 2.45) is 0 Å². The second-order valence-electron chi connectivity index (χ2n) is 5.01. The Labute approximate surface area is 123 Å². The Kier molecular flexibility index (Phi) is 7.70. The smallest absolute Gasteiger partial charge is 0.321 e. The number of aliphatic carboxylic acids is 1. The van der Waals surface area contributed by atoms with E-state index in [4.69, 9.17) is 9.84 Å². The van der Waals surface area contributed by atoms with Crippen molar-refractivity contribution in [1.82, 2.24) is 15.5 Å². The number of hydrogen-bond acceptors (Lipinski definition) is 5. The van der Waals surface area contributed by atoms with E-state index >= 15 is 0 Å². The number of imide groups is 1. The molecular weight excluding hydrogens is 278 g/mol. The zero-order valence-electron chi connectivity index (χ0n) is 12.3. The number of piperidine rings is 1. The van der Waals surface area contributed by atoms with Gasteiger partial charge in [0, 0.05) is 19.7 Å². The van der Waals surface area contributed by atoms with Crippen molar-refractivity contribution >= 4 is 17.9 Å². The van der Waals surface area contributed by atoms with Gasteiger partial charge in [0.2, 0.25) is 5.91 Å². The van der Waals surface area contributed by atoms with Crippen LogP contribution in [-0.2, 0) is 14.3 Å². The molecule has 1 aliphatic rings. The summed E-state index contributed by atoms with van der Waals surface area (Å²) < 4.78 is 4.78. The summed E-state index contributed by atoms with van der Waals surface area (Å²) in [5.74, 6) is -1.30. The van der Waals surface area contributed by atoms with Crippen molar-refractivity contribution in [3.05, 3.63) is 0 Å². The summed E-state index contributed by atoms with van der Waals surface area (Å²) >= 11 is 0. The minimum Gasteiger partial charge on any atom is -0.481 e. The molecule has 0 spiro atoms. The van der Waals surface area contributed by atoms with Crippen molar-refractivity contribution < 1.29 is 24.2 Å². The van der Waals surface area contributed by atoms with E-state index in [9.17, 15) is 14.4 Å². The van der Waals surface area contributed by atoms with Crippen LogP contribution in [0.2, 0.25) is 0 Å². The molecule has 1 saturated heterocycles. The lowest BCUT2D eigenvalue weighted by Gasteiger charge is -2.34. The highest BCUT2D eigenvalue weighted by Gasteiger charge is 2.26. The zero-order chi connectivity index (χ0) is 15.7. The van der Waals surface area contributed by atoms with Gasteiger partial charge in [-0.1, -0.05) is 6.42 Å². The number of methoxy groups -OCH3 is 1. The molecule has 1 heterocycles. The molecule has 0 aromatic heterocycles. The highest BCUT2D eigenvalue weighted by molar-refractivity contribution is 5.95. The predicted molar refractivity (Wildman–Crippen MR) is 74.9 cm³/mol. The average Bonchev–Trinajstić information content (AvgIpc) is 2.40. The molecule has 0 radical (unpaired) electrons. The van der Waals surface area contributed by atoms with Crippen molar-refractivity contribution in [2.45, 2.75) is 31.7 Å². The topological polar surface area (TPSA) is 108 Å². The van der Waals surface area contributed by atoms with E-state index < -0.39 is 17.9 Å². The zero-order valence-corrected chi connectivity index (χ0v) is 12.3. The van der Waals surface area contributed by atoms with Gasteiger partial charge in [0.15, 0.2) is 0 Å². The van der Waals surface area contributed by atoms with Gasteiger partial charge in [-0.25, -0.2) is 4.79 Å². The quantitative estimate of drug-likeness (QED) is 0.561. The fourth-order valence-electron chi connectivity index (χ4n) is 2.36. The normalized spacial score (nSPS) is 19.0. The van der Waals surface area contributed by atoms with Gasteiger partial charge in [-0.2, -0.15) is 0 Å². The minimum atomic E-state index is -0.871. The van der Waals surface area contributed by atoms with Gasteiger partial charge >= 0.3 is 12.0 Å². The van der Waals surface area contributed by atoms with Crippen molar-refractivity contribution in [3.8, 4) is 0 Å². The number of carboxylic acid groups (broad SMARTS) is 1. The number of amides is 3. The molecule has 3 amide bonds. The third-order valence-corrected chi connectivity index (χ3v) is 3.35. The van der Waals surface area contributed by atoms with Crippen LogP contribution in [0.15, 0.2) is 0 Å². The Morgan fingerprint density at radius 2 is 2.10 bits per heavy atom. The molecule has 3 N–H and O–H groups in total. The number of nitrogens with one attached hydrogen (secondary N) is 2. The maximum Gasteiger partial charge on any atom is 0.321 e. The lowest BCUT2D eigenvalue weighted by molar-refractivity contribution is -0.139. The summed E-state index contributed by atoms with van der Waals surface area (Å²) in [6.07, 6.45) is 2.68. The summed E-state index contributed by atoms with van der Waals surface area (Å²) in [6, 6.07) is -0.706. The van der Waals surface area contributed by atoms with Crippen molar-refractivity contribution in [2.75, 3.05) is 33.4 Å². The first-order chi connectivity index (χ1) is 10.0. The first kappa shape index (κ1) is 17.4. The molecule has 1 rings (SSSR count). The van der Waals surface area contributed by atoms with Crippen LogP contribution < -0.4 is 10.6 Å². The first-order valence-electron chi connectivity index (χ1n) is 7.05.